The molecule has 1 saturated heterocycles. The number of carboxylic acid groups (broad SMARTS) is 1. The first-order valence-corrected chi connectivity index (χ1v) is 8.53. The molecule has 0 bridgehead atoms. The summed E-state index contributed by atoms with van der Waals surface area (Å²) in [6.07, 6.45) is 2.94. The molecule has 1 aromatic heterocycles. The van der Waals surface area contributed by atoms with E-state index in [0.717, 1.165) is 17.9 Å². The molecule has 26 heavy (non-hydrogen) atoms. The summed E-state index contributed by atoms with van der Waals surface area (Å²) >= 11 is 0. The van der Waals surface area contributed by atoms with Crippen LogP contribution < -0.4 is 14.5 Å². The molecule has 0 saturated carbocycles. The Balaban J connectivity index is 1.65. The Morgan fingerprint density at radius 2 is 1.85 bits per heavy atom. The van der Waals surface area contributed by atoms with Crippen LogP contribution in [0.15, 0.2) is 48.8 Å². The fourth-order valence-electron chi connectivity index (χ4n) is 2.90. The molecule has 0 aliphatic carbocycles. The molecule has 2 heterocycles. The zero-order chi connectivity index (χ0) is 18.5. The third-order valence-electron chi connectivity index (χ3n) is 4.32. The SMILES string of the molecule is CCC(Oc1ccc(N2CCN(c3ccncc3)CC2=O)cc1)C(=O)O. The van der Waals surface area contributed by atoms with Gasteiger partial charge >= 0.3 is 5.97 Å². The molecule has 1 aromatic carbocycles. The number of hydrogen-bond acceptors (Lipinski definition) is 5. The number of aliphatic carboxylic acids is 1. The highest BCUT2D eigenvalue weighted by Crippen LogP contribution is 2.24. The first-order chi connectivity index (χ1) is 12.6. The zero-order valence-corrected chi connectivity index (χ0v) is 14.5. The van der Waals surface area contributed by atoms with Crippen LogP contribution in [-0.2, 0) is 9.59 Å². The van der Waals surface area contributed by atoms with Gasteiger partial charge in [-0.3, -0.25) is 9.78 Å². The van der Waals surface area contributed by atoms with Crippen molar-refractivity contribution in [3.63, 3.8) is 0 Å². The van der Waals surface area contributed by atoms with Gasteiger partial charge in [-0.15, -0.1) is 0 Å². The van der Waals surface area contributed by atoms with E-state index in [9.17, 15) is 9.59 Å². The molecule has 1 atom stereocenters. The fourth-order valence-corrected chi connectivity index (χ4v) is 2.90. The minimum absolute atomic E-state index is 0.0127. The van der Waals surface area contributed by atoms with Gasteiger partial charge in [0.05, 0.1) is 6.54 Å². The van der Waals surface area contributed by atoms with Gasteiger partial charge in [-0.25, -0.2) is 4.79 Å². The van der Waals surface area contributed by atoms with Crippen molar-refractivity contribution in [1.29, 1.82) is 0 Å². The number of amides is 1. The van der Waals surface area contributed by atoms with Crippen molar-refractivity contribution in [2.24, 2.45) is 0 Å². The van der Waals surface area contributed by atoms with Crippen LogP contribution in [0, 0.1) is 0 Å². The smallest absolute Gasteiger partial charge is 0.344 e. The van der Waals surface area contributed by atoms with Gasteiger partial charge in [-0.2, -0.15) is 0 Å². The molecule has 7 heteroatoms. The van der Waals surface area contributed by atoms with Crippen LogP contribution >= 0.6 is 0 Å². The first kappa shape index (κ1) is 17.7. The molecule has 7 nitrogen and oxygen atoms in total. The minimum atomic E-state index is -0.987. The lowest BCUT2D eigenvalue weighted by molar-refractivity contribution is -0.145. The number of aromatic nitrogens is 1. The monoisotopic (exact) mass is 355 g/mol. The normalized spacial score (nSPS) is 15.7. The van der Waals surface area contributed by atoms with Crippen LogP contribution in [-0.4, -0.2) is 47.7 Å². The van der Waals surface area contributed by atoms with Crippen molar-refractivity contribution in [3.05, 3.63) is 48.8 Å². The van der Waals surface area contributed by atoms with E-state index in [1.54, 1.807) is 48.5 Å². The molecule has 3 rings (SSSR count). The number of carboxylic acids is 1. The Labute approximate surface area is 151 Å². The van der Waals surface area contributed by atoms with Gasteiger partial charge in [0.1, 0.15) is 5.75 Å². The third-order valence-corrected chi connectivity index (χ3v) is 4.32. The van der Waals surface area contributed by atoms with Crippen molar-refractivity contribution in [1.82, 2.24) is 4.98 Å². The quantitative estimate of drug-likeness (QED) is 0.855. The van der Waals surface area contributed by atoms with Crippen LogP contribution in [0.5, 0.6) is 5.75 Å². The van der Waals surface area contributed by atoms with Crippen molar-refractivity contribution in [2.75, 3.05) is 29.4 Å². The number of anilines is 2. The molecule has 1 aliphatic rings. The maximum absolute atomic E-state index is 12.5. The molecule has 2 aromatic rings. The maximum Gasteiger partial charge on any atom is 0.344 e. The van der Waals surface area contributed by atoms with Crippen LogP contribution in [0.2, 0.25) is 0 Å². The van der Waals surface area contributed by atoms with Crippen LogP contribution in [0.4, 0.5) is 11.4 Å². The highest BCUT2D eigenvalue weighted by atomic mass is 16.5. The molecule has 136 valence electrons. The summed E-state index contributed by atoms with van der Waals surface area (Å²) in [6, 6.07) is 10.7. The molecule has 1 unspecified atom stereocenters. The number of rotatable bonds is 6. The first-order valence-electron chi connectivity index (χ1n) is 8.53. The lowest BCUT2D eigenvalue weighted by atomic mass is 10.2. The predicted octanol–water partition coefficient (Wildman–Crippen LogP) is 2.18. The minimum Gasteiger partial charge on any atom is -0.479 e. The zero-order valence-electron chi connectivity index (χ0n) is 14.5. The van der Waals surface area contributed by atoms with Crippen LogP contribution in [0.25, 0.3) is 0 Å². The lowest BCUT2D eigenvalue weighted by Crippen LogP contribution is -2.50. The molecular weight excluding hydrogens is 334 g/mol. The number of ether oxygens (including phenoxy) is 1. The predicted molar refractivity (Wildman–Crippen MR) is 97.6 cm³/mol. The van der Waals surface area contributed by atoms with Crippen molar-refractivity contribution < 1.29 is 19.4 Å². The van der Waals surface area contributed by atoms with Gasteiger partial charge in [0.15, 0.2) is 6.10 Å². The van der Waals surface area contributed by atoms with Crippen molar-refractivity contribution in [3.8, 4) is 5.75 Å². The molecule has 1 fully saturated rings. The van der Waals surface area contributed by atoms with Gasteiger partial charge in [-0.1, -0.05) is 6.92 Å². The highest BCUT2D eigenvalue weighted by Gasteiger charge is 2.25. The Morgan fingerprint density at radius 3 is 2.42 bits per heavy atom. The number of nitrogens with zero attached hydrogens (tertiary/aromatic N) is 3. The van der Waals surface area contributed by atoms with Gasteiger partial charge in [-0.05, 0) is 42.8 Å². The summed E-state index contributed by atoms with van der Waals surface area (Å²) in [5, 5.41) is 9.06. The summed E-state index contributed by atoms with van der Waals surface area (Å²) in [4.78, 5) is 31.3. The van der Waals surface area contributed by atoms with E-state index in [1.165, 1.54) is 0 Å². The second-order valence-corrected chi connectivity index (χ2v) is 6.02. The third kappa shape index (κ3) is 3.93. The summed E-state index contributed by atoms with van der Waals surface area (Å²) in [6.45, 7) is 3.37. The van der Waals surface area contributed by atoms with Crippen molar-refractivity contribution >= 4 is 23.3 Å². The topological polar surface area (TPSA) is 83.0 Å². The molecule has 1 amide bonds. The summed E-state index contributed by atoms with van der Waals surface area (Å²) in [7, 11) is 0. The lowest BCUT2D eigenvalue weighted by Gasteiger charge is -2.35. The number of carbonyl (C=O) groups excluding carboxylic acids is 1. The summed E-state index contributed by atoms with van der Waals surface area (Å²) in [5.74, 6) is -0.497. The summed E-state index contributed by atoms with van der Waals surface area (Å²) < 4.78 is 5.45. The van der Waals surface area contributed by atoms with E-state index in [-0.39, 0.29) is 5.91 Å². The summed E-state index contributed by atoms with van der Waals surface area (Å²) in [5.41, 5.74) is 1.76. The number of hydrogen-bond donors (Lipinski definition) is 1. The average Bonchev–Trinajstić information content (AvgIpc) is 2.67. The second kappa shape index (κ2) is 7.86. The Bertz CT molecular complexity index is 764. The molecule has 0 spiro atoms. The van der Waals surface area contributed by atoms with Gasteiger partial charge in [0.25, 0.3) is 0 Å². The van der Waals surface area contributed by atoms with Crippen LogP contribution in [0.1, 0.15) is 13.3 Å². The van der Waals surface area contributed by atoms with Crippen molar-refractivity contribution in [2.45, 2.75) is 19.4 Å². The molecular formula is C19H21N3O4. The average molecular weight is 355 g/mol. The van der Waals surface area contributed by atoms with E-state index in [2.05, 4.69) is 4.98 Å². The standard InChI is InChI=1S/C19H21N3O4/c1-2-17(19(24)25)26-16-5-3-15(4-6-16)22-12-11-21(13-18(22)23)14-7-9-20-10-8-14/h3-10,17H,2,11-13H2,1H3,(H,24,25). The van der Waals surface area contributed by atoms with Crippen LogP contribution in [0.3, 0.4) is 0 Å². The second-order valence-electron chi connectivity index (χ2n) is 6.02. The largest absolute Gasteiger partial charge is 0.479 e. The van der Waals surface area contributed by atoms with E-state index in [4.69, 9.17) is 9.84 Å². The highest BCUT2D eigenvalue weighted by molar-refractivity contribution is 5.97. The number of benzene rings is 1. The Kier molecular flexibility index (Phi) is 5.36. The fraction of sp³-hybridized carbons (Fsp3) is 0.316. The number of carbonyl (C=O) groups is 2. The molecule has 1 N–H and O–H groups in total. The Morgan fingerprint density at radius 1 is 1.15 bits per heavy atom. The maximum atomic E-state index is 12.5. The van der Waals surface area contributed by atoms with Gasteiger partial charge in [0.2, 0.25) is 5.91 Å². The number of piperazine rings is 1. The van der Waals surface area contributed by atoms with E-state index >= 15 is 0 Å². The van der Waals surface area contributed by atoms with Gasteiger partial charge < -0.3 is 19.6 Å². The number of pyridine rings is 1. The van der Waals surface area contributed by atoms with E-state index < -0.39 is 12.1 Å². The van der Waals surface area contributed by atoms with E-state index in [0.29, 0.717) is 25.3 Å². The van der Waals surface area contributed by atoms with Gasteiger partial charge in [0, 0.05) is 36.9 Å². The molecule has 0 radical (unpaired) electrons. The molecule has 1 aliphatic heterocycles. The Hall–Kier alpha value is -3.09. The van der Waals surface area contributed by atoms with E-state index in [1.807, 2.05) is 17.0 Å².